The highest BCUT2D eigenvalue weighted by atomic mass is 32.2. The van der Waals surface area contributed by atoms with Gasteiger partial charge >= 0.3 is 0 Å². The molecule has 2 aliphatic heterocycles. The Bertz CT molecular complexity index is 602. The van der Waals surface area contributed by atoms with Crippen LogP contribution in [-0.2, 0) is 10.2 Å². The molecule has 2 fully saturated rings. The van der Waals surface area contributed by atoms with Crippen LogP contribution in [0.1, 0.15) is 32.6 Å². The molecule has 23 heavy (non-hydrogen) atoms. The van der Waals surface area contributed by atoms with Crippen molar-refractivity contribution >= 4 is 16.2 Å². The number of piperidine rings is 2. The molecule has 1 N–H and O–H groups in total. The molecule has 8 heteroatoms. The van der Waals surface area contributed by atoms with Crippen molar-refractivity contribution in [2.24, 2.45) is 5.92 Å². The van der Waals surface area contributed by atoms with E-state index in [4.69, 9.17) is 0 Å². The van der Waals surface area contributed by atoms with Crippen molar-refractivity contribution < 1.29 is 8.42 Å². The standard InChI is InChI=1S/C15H25N5O2S/c1-13-4-2-9-20(12-13)23(21,22)18-14-5-10-19(11-6-14)15-16-7-3-8-17-15/h3,7-8,13-14,18H,2,4-6,9-12H2,1H3/t13-/m0/s1. The maximum Gasteiger partial charge on any atom is 0.279 e. The van der Waals surface area contributed by atoms with E-state index in [1.807, 2.05) is 0 Å². The van der Waals surface area contributed by atoms with E-state index < -0.39 is 10.2 Å². The summed E-state index contributed by atoms with van der Waals surface area (Å²) in [6.07, 6.45) is 7.08. The molecular formula is C15H25N5O2S. The maximum atomic E-state index is 12.5. The third kappa shape index (κ3) is 4.19. The Morgan fingerprint density at radius 1 is 1.13 bits per heavy atom. The largest absolute Gasteiger partial charge is 0.341 e. The van der Waals surface area contributed by atoms with E-state index in [1.165, 1.54) is 0 Å². The van der Waals surface area contributed by atoms with Gasteiger partial charge in [0.15, 0.2) is 0 Å². The van der Waals surface area contributed by atoms with E-state index in [0.29, 0.717) is 19.0 Å². The summed E-state index contributed by atoms with van der Waals surface area (Å²) in [4.78, 5) is 10.6. The number of nitrogens with one attached hydrogen (secondary N) is 1. The van der Waals surface area contributed by atoms with Crippen LogP contribution >= 0.6 is 0 Å². The van der Waals surface area contributed by atoms with E-state index >= 15 is 0 Å². The van der Waals surface area contributed by atoms with Crippen LogP contribution in [0, 0.1) is 5.92 Å². The Morgan fingerprint density at radius 2 is 1.83 bits per heavy atom. The third-order valence-electron chi connectivity index (χ3n) is 4.61. The number of rotatable bonds is 4. The van der Waals surface area contributed by atoms with Crippen LogP contribution < -0.4 is 9.62 Å². The van der Waals surface area contributed by atoms with Gasteiger partial charge in [-0.05, 0) is 37.7 Å². The van der Waals surface area contributed by atoms with Gasteiger partial charge in [0.2, 0.25) is 5.95 Å². The molecule has 2 saturated heterocycles. The molecule has 128 valence electrons. The van der Waals surface area contributed by atoms with Crippen LogP contribution in [-0.4, -0.2) is 54.9 Å². The molecule has 0 saturated carbocycles. The molecule has 0 bridgehead atoms. The second-order valence-corrected chi connectivity index (χ2v) is 8.24. The summed E-state index contributed by atoms with van der Waals surface area (Å²) in [6.45, 7) is 4.92. The minimum absolute atomic E-state index is 0.00260. The summed E-state index contributed by atoms with van der Waals surface area (Å²) in [5.74, 6) is 1.16. The zero-order valence-electron chi connectivity index (χ0n) is 13.6. The normalized spacial score (nSPS) is 24.7. The molecule has 0 unspecified atom stereocenters. The average molecular weight is 339 g/mol. The van der Waals surface area contributed by atoms with E-state index in [2.05, 4.69) is 26.5 Å². The zero-order chi connectivity index (χ0) is 16.3. The molecule has 0 radical (unpaired) electrons. The van der Waals surface area contributed by atoms with Gasteiger partial charge in [0.1, 0.15) is 0 Å². The van der Waals surface area contributed by atoms with Crippen molar-refractivity contribution in [1.29, 1.82) is 0 Å². The molecule has 3 heterocycles. The van der Waals surface area contributed by atoms with E-state index in [1.54, 1.807) is 22.8 Å². The van der Waals surface area contributed by atoms with Gasteiger partial charge in [0, 0.05) is 44.6 Å². The first-order valence-electron chi connectivity index (χ1n) is 8.34. The Hall–Kier alpha value is -1.25. The molecule has 0 spiro atoms. The summed E-state index contributed by atoms with van der Waals surface area (Å²) in [5, 5.41) is 0. The summed E-state index contributed by atoms with van der Waals surface area (Å²) < 4.78 is 29.5. The van der Waals surface area contributed by atoms with Gasteiger partial charge in [-0.2, -0.15) is 17.4 Å². The van der Waals surface area contributed by atoms with Crippen molar-refractivity contribution in [3.63, 3.8) is 0 Å². The Balaban J connectivity index is 1.54. The molecule has 0 aromatic carbocycles. The van der Waals surface area contributed by atoms with Crippen LogP contribution in [0.3, 0.4) is 0 Å². The molecule has 7 nitrogen and oxygen atoms in total. The lowest BCUT2D eigenvalue weighted by atomic mass is 10.0. The van der Waals surface area contributed by atoms with E-state index in [9.17, 15) is 8.42 Å². The van der Waals surface area contributed by atoms with E-state index in [0.717, 1.165) is 44.7 Å². The van der Waals surface area contributed by atoms with Crippen LogP contribution in [0.5, 0.6) is 0 Å². The van der Waals surface area contributed by atoms with Crippen LogP contribution in [0.4, 0.5) is 5.95 Å². The quantitative estimate of drug-likeness (QED) is 0.886. The fourth-order valence-corrected chi connectivity index (χ4v) is 4.93. The predicted octanol–water partition coefficient (Wildman–Crippen LogP) is 1.01. The first-order chi connectivity index (χ1) is 11.0. The lowest BCUT2D eigenvalue weighted by molar-refractivity contribution is 0.275. The number of nitrogens with zero attached hydrogens (tertiary/aromatic N) is 4. The van der Waals surface area contributed by atoms with Crippen LogP contribution in [0.25, 0.3) is 0 Å². The highest BCUT2D eigenvalue weighted by molar-refractivity contribution is 7.87. The third-order valence-corrected chi connectivity index (χ3v) is 6.25. The first kappa shape index (κ1) is 16.6. The van der Waals surface area contributed by atoms with Crippen molar-refractivity contribution in [2.45, 2.75) is 38.6 Å². The molecule has 1 aromatic rings. The van der Waals surface area contributed by atoms with Gasteiger partial charge in [-0.25, -0.2) is 9.97 Å². The molecule has 2 aliphatic rings. The fraction of sp³-hybridized carbons (Fsp3) is 0.733. The van der Waals surface area contributed by atoms with Crippen LogP contribution in [0.2, 0.25) is 0 Å². The predicted molar refractivity (Wildman–Crippen MR) is 89.3 cm³/mol. The highest BCUT2D eigenvalue weighted by Gasteiger charge is 2.30. The fourth-order valence-electron chi connectivity index (χ4n) is 3.30. The average Bonchev–Trinajstić information content (AvgIpc) is 2.56. The SMILES string of the molecule is C[C@H]1CCCN(S(=O)(=O)NC2CCN(c3ncccn3)CC2)C1. The highest BCUT2D eigenvalue weighted by Crippen LogP contribution is 2.20. The lowest BCUT2D eigenvalue weighted by Crippen LogP contribution is -2.51. The van der Waals surface area contributed by atoms with E-state index in [-0.39, 0.29) is 6.04 Å². The molecule has 3 rings (SSSR count). The van der Waals surface area contributed by atoms with Crippen LogP contribution in [0.15, 0.2) is 18.5 Å². The second kappa shape index (κ2) is 7.11. The van der Waals surface area contributed by atoms with Gasteiger partial charge < -0.3 is 4.90 Å². The van der Waals surface area contributed by atoms with Crippen molar-refractivity contribution in [2.75, 3.05) is 31.1 Å². The van der Waals surface area contributed by atoms with Gasteiger partial charge in [0.25, 0.3) is 10.2 Å². The second-order valence-electron chi connectivity index (χ2n) is 6.54. The van der Waals surface area contributed by atoms with Gasteiger partial charge in [-0.15, -0.1) is 0 Å². The topological polar surface area (TPSA) is 78.4 Å². The summed E-state index contributed by atoms with van der Waals surface area (Å²) >= 11 is 0. The van der Waals surface area contributed by atoms with Gasteiger partial charge in [0.05, 0.1) is 0 Å². The molecule has 0 aliphatic carbocycles. The molecule has 1 aromatic heterocycles. The van der Waals surface area contributed by atoms with Gasteiger partial charge in [-0.1, -0.05) is 6.92 Å². The summed E-state index contributed by atoms with van der Waals surface area (Å²) in [6, 6.07) is 1.79. The minimum atomic E-state index is -3.36. The minimum Gasteiger partial charge on any atom is -0.341 e. The van der Waals surface area contributed by atoms with Crippen molar-refractivity contribution in [3.8, 4) is 0 Å². The van der Waals surface area contributed by atoms with Gasteiger partial charge in [-0.3, -0.25) is 0 Å². The molecule has 1 atom stereocenters. The Labute approximate surface area is 138 Å². The smallest absolute Gasteiger partial charge is 0.279 e. The molecular weight excluding hydrogens is 314 g/mol. The number of anilines is 1. The maximum absolute atomic E-state index is 12.5. The first-order valence-corrected chi connectivity index (χ1v) is 9.78. The summed E-state index contributed by atoms with van der Waals surface area (Å²) in [5.41, 5.74) is 0. The number of hydrogen-bond acceptors (Lipinski definition) is 5. The van der Waals surface area contributed by atoms with Crippen molar-refractivity contribution in [1.82, 2.24) is 19.0 Å². The molecule has 0 amide bonds. The number of aromatic nitrogens is 2. The summed E-state index contributed by atoms with van der Waals surface area (Å²) in [7, 11) is -3.36. The lowest BCUT2D eigenvalue weighted by Gasteiger charge is -2.35. The monoisotopic (exact) mass is 339 g/mol. The Kier molecular flexibility index (Phi) is 5.13. The van der Waals surface area contributed by atoms with Crippen molar-refractivity contribution in [3.05, 3.63) is 18.5 Å². The Morgan fingerprint density at radius 3 is 2.48 bits per heavy atom. The zero-order valence-corrected chi connectivity index (χ0v) is 14.4. The number of hydrogen-bond donors (Lipinski definition) is 1.